The van der Waals surface area contributed by atoms with Crippen molar-refractivity contribution >= 4 is 45.0 Å². The summed E-state index contributed by atoms with van der Waals surface area (Å²) < 4.78 is 0.895. The van der Waals surface area contributed by atoms with Crippen LogP contribution in [0.1, 0.15) is 28.2 Å². The summed E-state index contributed by atoms with van der Waals surface area (Å²) in [5.74, 6) is -1.65. The summed E-state index contributed by atoms with van der Waals surface area (Å²) in [5, 5.41) is 0. The van der Waals surface area contributed by atoms with E-state index in [4.69, 9.17) is 11.6 Å². The van der Waals surface area contributed by atoms with Crippen LogP contribution in [0.3, 0.4) is 0 Å². The van der Waals surface area contributed by atoms with Gasteiger partial charge in [-0.25, -0.2) is 4.90 Å². The highest BCUT2D eigenvalue weighted by Crippen LogP contribution is 2.65. The van der Waals surface area contributed by atoms with Crippen molar-refractivity contribution < 1.29 is 9.59 Å². The molecule has 7 rings (SSSR count). The molecule has 1 heterocycles. The molecule has 3 nitrogen and oxygen atoms in total. The Balaban J connectivity index is 1.61. The molecule has 0 radical (unpaired) electrons. The van der Waals surface area contributed by atoms with Gasteiger partial charge >= 0.3 is 0 Å². The fourth-order valence-electron chi connectivity index (χ4n) is 5.52. The van der Waals surface area contributed by atoms with Crippen LogP contribution in [0.5, 0.6) is 0 Å². The smallest absolute Gasteiger partial charge is 0.240 e. The molecule has 1 fully saturated rings. The molecular weight excluding hydrogens is 450 g/mol. The van der Waals surface area contributed by atoms with Crippen LogP contribution in [-0.2, 0) is 14.5 Å². The van der Waals surface area contributed by atoms with Crippen LogP contribution in [0, 0.1) is 11.8 Å². The average molecular weight is 465 g/mol. The maximum absolute atomic E-state index is 13.7. The van der Waals surface area contributed by atoms with E-state index < -0.39 is 16.7 Å². The van der Waals surface area contributed by atoms with E-state index in [0.717, 1.165) is 26.7 Å². The second kappa shape index (κ2) is 5.80. The summed E-state index contributed by atoms with van der Waals surface area (Å²) in [5.41, 5.74) is 4.60. The molecule has 0 unspecified atom stereocenters. The summed E-state index contributed by atoms with van der Waals surface area (Å²) in [6, 6.07) is 23.2. The molecule has 3 aliphatic carbocycles. The van der Waals surface area contributed by atoms with Gasteiger partial charge in [0.1, 0.15) is 4.87 Å². The zero-order valence-corrected chi connectivity index (χ0v) is 17.5. The predicted octanol–water partition coefficient (Wildman–Crippen LogP) is 5.20. The molecular formula is C24H15BrClNO2. The van der Waals surface area contributed by atoms with Crippen molar-refractivity contribution in [2.24, 2.45) is 11.8 Å². The van der Waals surface area contributed by atoms with E-state index in [1.807, 2.05) is 60.7 Å². The molecule has 3 aromatic carbocycles. The standard InChI is InChI=1S/C24H15BrClNO2/c25-13-9-11-14(12-10-13)27-22(28)20-19-15-5-1-3-7-17(15)24(26,21(20)23(27)29)18-8-4-2-6-16(18)19/h1-12,19-21H/t19?,20-,21+,24?/m1/s1. The van der Waals surface area contributed by atoms with Gasteiger partial charge in [-0.1, -0.05) is 64.5 Å². The van der Waals surface area contributed by atoms with Gasteiger partial charge in [0.15, 0.2) is 0 Å². The van der Waals surface area contributed by atoms with Crippen molar-refractivity contribution in [3.63, 3.8) is 0 Å². The van der Waals surface area contributed by atoms with E-state index >= 15 is 0 Å². The SMILES string of the molecule is O=C1[C@@H]2C3c4ccccc4C(Cl)(c4ccccc43)[C@@H]2C(=O)N1c1ccc(Br)cc1. The minimum atomic E-state index is -1.04. The van der Waals surface area contributed by atoms with Crippen molar-refractivity contribution in [3.05, 3.63) is 99.5 Å². The van der Waals surface area contributed by atoms with Gasteiger partial charge in [-0.3, -0.25) is 9.59 Å². The van der Waals surface area contributed by atoms with Gasteiger partial charge in [-0.15, -0.1) is 11.6 Å². The first-order chi connectivity index (χ1) is 14.0. The van der Waals surface area contributed by atoms with Crippen molar-refractivity contribution in [3.8, 4) is 0 Å². The fourth-order valence-corrected chi connectivity index (χ4v) is 6.36. The molecule has 1 aliphatic heterocycles. The molecule has 142 valence electrons. The molecule has 4 aliphatic rings. The summed E-state index contributed by atoms with van der Waals surface area (Å²) >= 11 is 10.8. The summed E-state index contributed by atoms with van der Waals surface area (Å²) in [6.07, 6.45) is 0. The van der Waals surface area contributed by atoms with Crippen LogP contribution in [0.2, 0.25) is 0 Å². The number of nitrogens with zero attached hydrogens (tertiary/aromatic N) is 1. The second-order valence-electron chi connectivity index (χ2n) is 7.86. The van der Waals surface area contributed by atoms with Gasteiger partial charge in [-0.05, 0) is 46.5 Å². The number of imide groups is 1. The summed E-state index contributed by atoms with van der Waals surface area (Å²) in [7, 11) is 0. The number of amides is 2. The number of rotatable bonds is 1. The quantitative estimate of drug-likeness (QED) is 0.367. The van der Waals surface area contributed by atoms with Gasteiger partial charge in [0, 0.05) is 10.4 Å². The Morgan fingerprint density at radius 3 is 1.93 bits per heavy atom. The first-order valence-corrected chi connectivity index (χ1v) is 10.7. The molecule has 2 atom stereocenters. The molecule has 0 spiro atoms. The van der Waals surface area contributed by atoms with E-state index in [1.54, 1.807) is 12.1 Å². The summed E-state index contributed by atoms with van der Waals surface area (Å²) in [4.78, 5) is 27.6. The number of carbonyl (C=O) groups excluding carboxylic acids is 2. The van der Waals surface area contributed by atoms with Crippen LogP contribution in [0.4, 0.5) is 5.69 Å². The van der Waals surface area contributed by atoms with Crippen LogP contribution in [-0.4, -0.2) is 11.8 Å². The van der Waals surface area contributed by atoms with E-state index in [0.29, 0.717) is 5.69 Å². The lowest BCUT2D eigenvalue weighted by molar-refractivity contribution is -0.122. The highest BCUT2D eigenvalue weighted by molar-refractivity contribution is 9.10. The minimum Gasteiger partial charge on any atom is -0.274 e. The van der Waals surface area contributed by atoms with Crippen molar-refractivity contribution in [2.45, 2.75) is 10.8 Å². The van der Waals surface area contributed by atoms with Gasteiger partial charge in [0.2, 0.25) is 11.8 Å². The highest BCUT2D eigenvalue weighted by atomic mass is 79.9. The third-order valence-electron chi connectivity index (χ3n) is 6.60. The minimum absolute atomic E-state index is 0.162. The van der Waals surface area contributed by atoms with Gasteiger partial charge in [0.25, 0.3) is 0 Å². The maximum Gasteiger partial charge on any atom is 0.240 e. The Bertz CT molecular complexity index is 1160. The molecule has 2 bridgehead atoms. The number of benzene rings is 3. The van der Waals surface area contributed by atoms with Crippen LogP contribution in [0.15, 0.2) is 77.3 Å². The Labute approximate surface area is 181 Å². The lowest BCUT2D eigenvalue weighted by Crippen LogP contribution is -2.50. The van der Waals surface area contributed by atoms with E-state index in [2.05, 4.69) is 15.9 Å². The molecule has 2 amide bonds. The monoisotopic (exact) mass is 463 g/mol. The molecule has 3 aromatic rings. The zero-order chi connectivity index (χ0) is 19.9. The fraction of sp³-hybridized carbons (Fsp3) is 0.167. The number of hydrogen-bond donors (Lipinski definition) is 0. The van der Waals surface area contributed by atoms with E-state index in [9.17, 15) is 9.59 Å². The molecule has 29 heavy (non-hydrogen) atoms. The molecule has 1 saturated heterocycles. The van der Waals surface area contributed by atoms with Gasteiger partial charge in [0.05, 0.1) is 17.5 Å². The largest absolute Gasteiger partial charge is 0.274 e. The Hall–Kier alpha value is -2.43. The van der Waals surface area contributed by atoms with Crippen molar-refractivity contribution in [1.82, 2.24) is 0 Å². The maximum atomic E-state index is 13.7. The number of anilines is 1. The Morgan fingerprint density at radius 1 is 0.793 bits per heavy atom. The number of alkyl halides is 1. The van der Waals surface area contributed by atoms with Crippen molar-refractivity contribution in [2.75, 3.05) is 4.90 Å². The lowest BCUT2D eigenvalue weighted by atomic mass is 9.54. The number of carbonyl (C=O) groups is 2. The zero-order valence-electron chi connectivity index (χ0n) is 15.2. The van der Waals surface area contributed by atoms with Gasteiger partial charge in [-0.2, -0.15) is 0 Å². The Morgan fingerprint density at radius 2 is 1.34 bits per heavy atom. The normalized spacial score (nSPS) is 28.9. The predicted molar refractivity (Wildman–Crippen MR) is 115 cm³/mol. The first-order valence-electron chi connectivity index (χ1n) is 9.54. The molecule has 0 saturated carbocycles. The lowest BCUT2D eigenvalue weighted by Gasteiger charge is -2.50. The van der Waals surface area contributed by atoms with Crippen LogP contribution in [0.25, 0.3) is 0 Å². The van der Waals surface area contributed by atoms with Crippen molar-refractivity contribution in [1.29, 1.82) is 0 Å². The number of halogens is 2. The van der Waals surface area contributed by atoms with E-state index in [-0.39, 0.29) is 17.7 Å². The summed E-state index contributed by atoms with van der Waals surface area (Å²) in [6.45, 7) is 0. The highest BCUT2D eigenvalue weighted by Gasteiger charge is 2.67. The molecule has 5 heteroatoms. The van der Waals surface area contributed by atoms with Crippen LogP contribution >= 0.6 is 27.5 Å². The van der Waals surface area contributed by atoms with Crippen LogP contribution < -0.4 is 4.90 Å². The third kappa shape index (κ3) is 2.03. The first kappa shape index (κ1) is 17.4. The average Bonchev–Trinajstić information content (AvgIpc) is 3.01. The molecule has 0 aromatic heterocycles. The topological polar surface area (TPSA) is 37.4 Å². The van der Waals surface area contributed by atoms with E-state index in [1.165, 1.54) is 4.90 Å². The third-order valence-corrected chi connectivity index (χ3v) is 7.77. The second-order valence-corrected chi connectivity index (χ2v) is 9.37. The Kier molecular flexibility index (Phi) is 3.49. The molecule has 0 N–H and O–H groups in total. The number of hydrogen-bond acceptors (Lipinski definition) is 2. The van der Waals surface area contributed by atoms with Gasteiger partial charge < -0.3 is 0 Å².